The molecular formula is C20H16N6O5. The highest BCUT2D eigenvalue weighted by Gasteiger charge is 2.35. The largest absolute Gasteiger partial charge is 0.326 e. The Bertz CT molecular complexity index is 1240. The molecule has 2 aromatic carbocycles. The number of carbonyl (C=O) groups is 2. The van der Waals surface area contributed by atoms with Crippen LogP contribution in [0.1, 0.15) is 17.9 Å². The molecule has 0 saturated carbocycles. The molecule has 156 valence electrons. The fraction of sp³-hybridized carbons (Fsp3) is 0.100. The molecule has 1 aliphatic rings. The molecule has 4 rings (SSSR count). The van der Waals surface area contributed by atoms with Crippen molar-refractivity contribution in [2.24, 2.45) is 0 Å². The van der Waals surface area contributed by atoms with Crippen molar-refractivity contribution < 1.29 is 14.5 Å². The van der Waals surface area contributed by atoms with E-state index in [0.29, 0.717) is 5.69 Å². The maximum atomic E-state index is 12.9. The quantitative estimate of drug-likeness (QED) is 0.364. The van der Waals surface area contributed by atoms with E-state index in [9.17, 15) is 24.5 Å². The summed E-state index contributed by atoms with van der Waals surface area (Å²) in [5.74, 6) is -2.33. The van der Waals surface area contributed by atoms with Gasteiger partial charge >= 0.3 is 0 Å². The number of anilines is 4. The number of nitro benzene ring substituents is 1. The molecule has 11 nitrogen and oxygen atoms in total. The summed E-state index contributed by atoms with van der Waals surface area (Å²) in [7, 11) is 0. The van der Waals surface area contributed by atoms with Crippen molar-refractivity contribution in [3.8, 4) is 0 Å². The molecule has 0 spiro atoms. The van der Waals surface area contributed by atoms with Crippen LogP contribution < -0.4 is 21.5 Å². The summed E-state index contributed by atoms with van der Waals surface area (Å²) in [5, 5.41) is 19.1. The van der Waals surface area contributed by atoms with E-state index in [4.69, 9.17) is 0 Å². The fourth-order valence-electron chi connectivity index (χ4n) is 3.27. The van der Waals surface area contributed by atoms with Gasteiger partial charge < -0.3 is 16.0 Å². The Kier molecular flexibility index (Phi) is 5.14. The van der Waals surface area contributed by atoms with E-state index < -0.39 is 28.2 Å². The van der Waals surface area contributed by atoms with Gasteiger partial charge in [0.25, 0.3) is 11.2 Å². The van der Waals surface area contributed by atoms with Crippen LogP contribution in [-0.2, 0) is 9.59 Å². The van der Waals surface area contributed by atoms with Crippen LogP contribution in [0.15, 0.2) is 59.4 Å². The number of carbonyl (C=O) groups excluding carboxylic acids is 2. The van der Waals surface area contributed by atoms with E-state index in [1.165, 1.54) is 24.3 Å². The molecule has 0 saturated heterocycles. The van der Waals surface area contributed by atoms with Gasteiger partial charge in [0.15, 0.2) is 0 Å². The number of rotatable bonds is 5. The standard InChI is InChI=1S/C20H16N6O5/c27-15-10-12(18(28)22-13-8-4-5-9-14(13)26(30)31)16-17(23-15)24-20(25-19(16)29)21-11-6-2-1-3-7-11/h1-9,12H,10H2,(H,22,28)(H3,21,23,24,25,27,29)/t12-/m1/s1. The first-order valence-corrected chi connectivity index (χ1v) is 9.23. The van der Waals surface area contributed by atoms with Gasteiger partial charge in [-0.15, -0.1) is 0 Å². The molecule has 1 aromatic heterocycles. The molecule has 0 fully saturated rings. The monoisotopic (exact) mass is 420 g/mol. The topological polar surface area (TPSA) is 159 Å². The molecule has 2 heterocycles. The SMILES string of the molecule is O=C1C[C@@H](C(=O)Nc2ccccc2[N+](=O)[O-])c2c(nc(Nc3ccccc3)[nH]c2=O)N1. The van der Waals surface area contributed by atoms with Crippen LogP contribution in [0.5, 0.6) is 0 Å². The number of para-hydroxylation sites is 3. The third-order valence-corrected chi connectivity index (χ3v) is 4.66. The Morgan fingerprint density at radius 3 is 2.55 bits per heavy atom. The van der Waals surface area contributed by atoms with E-state index in [1.54, 1.807) is 24.3 Å². The number of H-pyrrole nitrogens is 1. The molecule has 1 aliphatic heterocycles. The molecule has 31 heavy (non-hydrogen) atoms. The van der Waals surface area contributed by atoms with Crippen LogP contribution in [-0.4, -0.2) is 26.7 Å². The van der Waals surface area contributed by atoms with Crippen molar-refractivity contribution in [1.29, 1.82) is 0 Å². The molecular weight excluding hydrogens is 404 g/mol. The summed E-state index contributed by atoms with van der Waals surface area (Å²) in [5.41, 5.74) is -0.290. The Morgan fingerprint density at radius 1 is 1.10 bits per heavy atom. The average molecular weight is 420 g/mol. The van der Waals surface area contributed by atoms with Crippen LogP contribution in [0.3, 0.4) is 0 Å². The maximum absolute atomic E-state index is 12.9. The van der Waals surface area contributed by atoms with Gasteiger partial charge in [-0.05, 0) is 18.2 Å². The number of nitrogens with one attached hydrogen (secondary N) is 4. The molecule has 2 amide bonds. The summed E-state index contributed by atoms with van der Waals surface area (Å²) >= 11 is 0. The third kappa shape index (κ3) is 4.10. The Morgan fingerprint density at radius 2 is 1.81 bits per heavy atom. The number of fused-ring (bicyclic) bond motifs is 1. The van der Waals surface area contributed by atoms with Gasteiger partial charge in [0.05, 0.1) is 16.4 Å². The lowest BCUT2D eigenvalue weighted by atomic mass is 9.92. The van der Waals surface area contributed by atoms with Crippen molar-refractivity contribution in [1.82, 2.24) is 9.97 Å². The summed E-state index contributed by atoms with van der Waals surface area (Å²) in [6.07, 6.45) is -0.296. The van der Waals surface area contributed by atoms with Crippen LogP contribution in [0.4, 0.5) is 28.8 Å². The first-order chi connectivity index (χ1) is 14.9. The molecule has 3 aromatic rings. The Hall–Kier alpha value is -4.54. The molecule has 11 heteroatoms. The number of nitrogens with zero attached hydrogens (tertiary/aromatic N) is 2. The number of amides is 2. The second kappa shape index (κ2) is 8.06. The van der Waals surface area contributed by atoms with Crippen molar-refractivity contribution in [3.63, 3.8) is 0 Å². The maximum Gasteiger partial charge on any atom is 0.292 e. The van der Waals surface area contributed by atoms with E-state index in [-0.39, 0.29) is 35.1 Å². The summed E-state index contributed by atoms with van der Waals surface area (Å²) < 4.78 is 0. The smallest absolute Gasteiger partial charge is 0.292 e. The van der Waals surface area contributed by atoms with Crippen molar-refractivity contribution in [3.05, 3.63) is 80.6 Å². The number of aromatic nitrogens is 2. The van der Waals surface area contributed by atoms with Crippen molar-refractivity contribution in [2.75, 3.05) is 16.0 Å². The van der Waals surface area contributed by atoms with E-state index in [1.807, 2.05) is 6.07 Å². The minimum atomic E-state index is -1.16. The minimum Gasteiger partial charge on any atom is -0.326 e. The van der Waals surface area contributed by atoms with Crippen molar-refractivity contribution in [2.45, 2.75) is 12.3 Å². The predicted octanol–water partition coefficient (Wildman–Crippen LogP) is 2.49. The molecule has 0 aliphatic carbocycles. The zero-order valence-electron chi connectivity index (χ0n) is 15.9. The highest BCUT2D eigenvalue weighted by Crippen LogP contribution is 2.31. The second-order valence-corrected chi connectivity index (χ2v) is 6.74. The number of hydrogen-bond acceptors (Lipinski definition) is 7. The Labute approximate surface area is 174 Å². The van der Waals surface area contributed by atoms with E-state index in [0.717, 1.165) is 0 Å². The number of benzene rings is 2. The number of hydrogen-bond donors (Lipinski definition) is 4. The fourth-order valence-corrected chi connectivity index (χ4v) is 3.27. The first-order valence-electron chi connectivity index (χ1n) is 9.23. The van der Waals surface area contributed by atoms with Gasteiger partial charge in [0, 0.05) is 18.2 Å². The van der Waals surface area contributed by atoms with Gasteiger partial charge in [0.2, 0.25) is 17.8 Å². The summed E-state index contributed by atoms with van der Waals surface area (Å²) in [4.78, 5) is 55.1. The first kappa shape index (κ1) is 19.8. The lowest BCUT2D eigenvalue weighted by Crippen LogP contribution is -2.36. The third-order valence-electron chi connectivity index (χ3n) is 4.66. The molecule has 0 radical (unpaired) electrons. The molecule has 0 bridgehead atoms. The van der Waals surface area contributed by atoms with Crippen molar-refractivity contribution >= 4 is 40.6 Å². The second-order valence-electron chi connectivity index (χ2n) is 6.74. The highest BCUT2D eigenvalue weighted by molar-refractivity contribution is 6.05. The number of nitro groups is 1. The van der Waals surface area contributed by atoms with Crippen LogP contribution in [0, 0.1) is 10.1 Å². The normalized spacial score (nSPS) is 14.8. The van der Waals surface area contributed by atoms with Crippen LogP contribution >= 0.6 is 0 Å². The predicted molar refractivity (Wildman–Crippen MR) is 112 cm³/mol. The molecule has 4 N–H and O–H groups in total. The van der Waals surface area contributed by atoms with Crippen LogP contribution in [0.2, 0.25) is 0 Å². The van der Waals surface area contributed by atoms with E-state index >= 15 is 0 Å². The highest BCUT2D eigenvalue weighted by atomic mass is 16.6. The van der Waals surface area contributed by atoms with Crippen LogP contribution in [0.25, 0.3) is 0 Å². The lowest BCUT2D eigenvalue weighted by molar-refractivity contribution is -0.383. The summed E-state index contributed by atoms with van der Waals surface area (Å²) in [6.45, 7) is 0. The van der Waals surface area contributed by atoms with Gasteiger partial charge in [-0.25, -0.2) is 0 Å². The van der Waals surface area contributed by atoms with Gasteiger partial charge in [0.1, 0.15) is 11.5 Å². The van der Waals surface area contributed by atoms with Gasteiger partial charge in [-0.2, -0.15) is 4.98 Å². The zero-order chi connectivity index (χ0) is 22.0. The average Bonchev–Trinajstić information content (AvgIpc) is 2.73. The summed E-state index contributed by atoms with van der Waals surface area (Å²) in [6, 6.07) is 14.6. The molecule has 1 atom stereocenters. The Balaban J connectivity index is 1.66. The minimum absolute atomic E-state index is 0.0192. The van der Waals surface area contributed by atoms with Gasteiger partial charge in [-0.3, -0.25) is 29.5 Å². The zero-order valence-corrected chi connectivity index (χ0v) is 15.9. The van der Waals surface area contributed by atoms with E-state index in [2.05, 4.69) is 25.9 Å². The lowest BCUT2D eigenvalue weighted by Gasteiger charge is -2.23. The van der Waals surface area contributed by atoms with Gasteiger partial charge in [-0.1, -0.05) is 30.3 Å². The molecule has 0 unspecified atom stereocenters. The number of aromatic amines is 1.